The number of nitrogens with two attached hydrogens (primary N) is 1. The highest BCUT2D eigenvalue weighted by atomic mass is 35.5. The smallest absolute Gasteiger partial charge is 0.416 e. The molecule has 0 aliphatic carbocycles. The number of rotatable bonds is 2. The number of carbonyl (C=O) groups is 1. The van der Waals surface area contributed by atoms with Crippen LogP contribution in [0.2, 0.25) is 0 Å². The van der Waals surface area contributed by atoms with E-state index in [-0.39, 0.29) is 23.7 Å². The second-order valence-electron chi connectivity index (χ2n) is 5.76. The SMILES string of the molecule is C[C@@H](N)c1cc(NC(=O)OC(C)(C)C)cc(C(F)(F)F)c1.Cl. The molecule has 0 saturated carbocycles. The standard InChI is InChI=1S/C14H19F3N2O2.ClH/c1-8(18)9-5-10(14(15,16)17)7-11(6-9)19-12(20)21-13(2,3)4;/h5-8H,18H2,1-4H3,(H,19,20);1H/t8-;/m1./s1. The predicted molar refractivity (Wildman–Crippen MR) is 81.2 cm³/mol. The van der Waals surface area contributed by atoms with Gasteiger partial charge in [-0.05, 0) is 51.5 Å². The van der Waals surface area contributed by atoms with Crippen LogP contribution in [0, 0.1) is 0 Å². The average Bonchev–Trinajstić information content (AvgIpc) is 2.24. The molecule has 0 fully saturated rings. The minimum atomic E-state index is -4.52. The topological polar surface area (TPSA) is 64.3 Å². The van der Waals surface area contributed by atoms with Gasteiger partial charge in [-0.25, -0.2) is 4.79 Å². The van der Waals surface area contributed by atoms with Crippen LogP contribution >= 0.6 is 12.4 Å². The minimum absolute atomic E-state index is 0. The fraction of sp³-hybridized carbons (Fsp3) is 0.500. The number of halogens is 4. The Morgan fingerprint density at radius 1 is 1.23 bits per heavy atom. The van der Waals surface area contributed by atoms with Gasteiger partial charge < -0.3 is 10.5 Å². The number of benzene rings is 1. The molecule has 22 heavy (non-hydrogen) atoms. The number of carbonyl (C=O) groups excluding carboxylic acids is 1. The number of hydrogen-bond acceptors (Lipinski definition) is 3. The Morgan fingerprint density at radius 3 is 2.18 bits per heavy atom. The Bertz CT molecular complexity index is 526. The van der Waals surface area contributed by atoms with Crippen LogP contribution in [0.5, 0.6) is 0 Å². The quantitative estimate of drug-likeness (QED) is 0.833. The summed E-state index contributed by atoms with van der Waals surface area (Å²) in [6.45, 7) is 6.54. The van der Waals surface area contributed by atoms with Crippen molar-refractivity contribution in [3.63, 3.8) is 0 Å². The lowest BCUT2D eigenvalue weighted by Crippen LogP contribution is -2.27. The molecule has 0 aromatic heterocycles. The average molecular weight is 341 g/mol. The van der Waals surface area contributed by atoms with Gasteiger partial charge in [0.05, 0.1) is 5.56 Å². The van der Waals surface area contributed by atoms with E-state index in [1.54, 1.807) is 27.7 Å². The lowest BCUT2D eigenvalue weighted by atomic mass is 10.0. The summed E-state index contributed by atoms with van der Waals surface area (Å²) in [7, 11) is 0. The van der Waals surface area contributed by atoms with Gasteiger partial charge in [-0.3, -0.25) is 5.32 Å². The molecule has 1 amide bonds. The largest absolute Gasteiger partial charge is 0.444 e. The van der Waals surface area contributed by atoms with E-state index in [0.29, 0.717) is 0 Å². The molecule has 0 saturated heterocycles. The highest BCUT2D eigenvalue weighted by Crippen LogP contribution is 2.33. The van der Waals surface area contributed by atoms with Gasteiger partial charge in [-0.15, -0.1) is 12.4 Å². The van der Waals surface area contributed by atoms with E-state index in [9.17, 15) is 18.0 Å². The van der Waals surface area contributed by atoms with E-state index in [4.69, 9.17) is 10.5 Å². The van der Waals surface area contributed by atoms with Gasteiger partial charge in [0, 0.05) is 11.7 Å². The van der Waals surface area contributed by atoms with Crippen molar-refractivity contribution in [2.75, 3.05) is 5.32 Å². The molecule has 3 N–H and O–H groups in total. The lowest BCUT2D eigenvalue weighted by Gasteiger charge is -2.20. The molecule has 0 aliphatic heterocycles. The van der Waals surface area contributed by atoms with Crippen LogP contribution in [-0.2, 0) is 10.9 Å². The van der Waals surface area contributed by atoms with Crippen molar-refractivity contribution in [2.24, 2.45) is 5.73 Å². The Hall–Kier alpha value is -1.47. The van der Waals surface area contributed by atoms with Crippen LogP contribution in [0.1, 0.15) is 44.9 Å². The van der Waals surface area contributed by atoms with Gasteiger partial charge >= 0.3 is 12.3 Å². The third kappa shape index (κ3) is 6.53. The van der Waals surface area contributed by atoms with Crippen molar-refractivity contribution in [3.05, 3.63) is 29.3 Å². The molecule has 0 unspecified atom stereocenters. The van der Waals surface area contributed by atoms with E-state index >= 15 is 0 Å². The molecule has 0 aliphatic rings. The highest BCUT2D eigenvalue weighted by molar-refractivity contribution is 5.85. The molecule has 0 radical (unpaired) electrons. The molecule has 1 aromatic carbocycles. The summed E-state index contributed by atoms with van der Waals surface area (Å²) in [4.78, 5) is 11.6. The molecule has 0 bridgehead atoms. The van der Waals surface area contributed by atoms with Crippen LogP contribution in [0.15, 0.2) is 18.2 Å². The summed E-state index contributed by atoms with van der Waals surface area (Å²) in [6, 6.07) is 2.61. The highest BCUT2D eigenvalue weighted by Gasteiger charge is 2.31. The van der Waals surface area contributed by atoms with Gasteiger partial charge in [0.1, 0.15) is 5.60 Å². The summed E-state index contributed by atoms with van der Waals surface area (Å²) < 4.78 is 43.5. The van der Waals surface area contributed by atoms with Crippen LogP contribution in [0.4, 0.5) is 23.7 Å². The summed E-state index contributed by atoms with van der Waals surface area (Å²) in [5, 5.41) is 2.29. The van der Waals surface area contributed by atoms with Crippen molar-refractivity contribution >= 4 is 24.2 Å². The second-order valence-corrected chi connectivity index (χ2v) is 5.76. The van der Waals surface area contributed by atoms with Gasteiger partial charge in [0.15, 0.2) is 0 Å². The van der Waals surface area contributed by atoms with Crippen LogP contribution in [-0.4, -0.2) is 11.7 Å². The van der Waals surface area contributed by atoms with Gasteiger partial charge in [-0.2, -0.15) is 13.2 Å². The van der Waals surface area contributed by atoms with E-state index in [1.807, 2.05) is 0 Å². The van der Waals surface area contributed by atoms with Crippen molar-refractivity contribution in [1.82, 2.24) is 0 Å². The van der Waals surface area contributed by atoms with Crippen LogP contribution in [0.3, 0.4) is 0 Å². The van der Waals surface area contributed by atoms with Crippen molar-refractivity contribution in [2.45, 2.75) is 45.5 Å². The Balaban J connectivity index is 0.00000441. The molecule has 1 rings (SSSR count). The fourth-order valence-corrected chi connectivity index (χ4v) is 1.57. The third-order valence-corrected chi connectivity index (χ3v) is 2.45. The van der Waals surface area contributed by atoms with E-state index < -0.39 is 29.5 Å². The van der Waals surface area contributed by atoms with Crippen molar-refractivity contribution < 1.29 is 22.7 Å². The zero-order chi connectivity index (χ0) is 16.4. The summed E-state index contributed by atoms with van der Waals surface area (Å²) in [6.07, 6.45) is -5.34. The number of nitrogens with one attached hydrogen (secondary N) is 1. The minimum Gasteiger partial charge on any atom is -0.444 e. The maximum atomic E-state index is 12.8. The lowest BCUT2D eigenvalue weighted by molar-refractivity contribution is -0.137. The number of hydrogen-bond donors (Lipinski definition) is 2. The first kappa shape index (κ1) is 20.5. The van der Waals surface area contributed by atoms with Crippen molar-refractivity contribution in [3.8, 4) is 0 Å². The maximum Gasteiger partial charge on any atom is 0.416 e. The number of alkyl halides is 3. The molecule has 1 atom stereocenters. The zero-order valence-corrected chi connectivity index (χ0v) is 13.6. The monoisotopic (exact) mass is 340 g/mol. The Kier molecular flexibility index (Phi) is 6.71. The van der Waals surface area contributed by atoms with E-state index in [2.05, 4.69) is 5.32 Å². The molecular weight excluding hydrogens is 321 g/mol. The van der Waals surface area contributed by atoms with Gasteiger partial charge in [0.25, 0.3) is 0 Å². The summed E-state index contributed by atoms with van der Waals surface area (Å²) in [5.74, 6) is 0. The van der Waals surface area contributed by atoms with Crippen LogP contribution in [0.25, 0.3) is 0 Å². The summed E-state index contributed by atoms with van der Waals surface area (Å²) >= 11 is 0. The summed E-state index contributed by atoms with van der Waals surface area (Å²) in [5.41, 5.74) is 4.27. The van der Waals surface area contributed by atoms with E-state index in [0.717, 1.165) is 12.1 Å². The molecule has 0 spiro atoms. The molecule has 126 valence electrons. The normalized spacial score (nSPS) is 13.1. The van der Waals surface area contributed by atoms with Gasteiger partial charge in [0.2, 0.25) is 0 Å². The molecule has 4 nitrogen and oxygen atoms in total. The van der Waals surface area contributed by atoms with Crippen molar-refractivity contribution in [1.29, 1.82) is 0 Å². The molecule has 0 heterocycles. The van der Waals surface area contributed by atoms with Crippen LogP contribution < -0.4 is 11.1 Å². The van der Waals surface area contributed by atoms with E-state index in [1.165, 1.54) is 6.07 Å². The first-order chi connectivity index (χ1) is 9.38. The third-order valence-electron chi connectivity index (χ3n) is 2.45. The fourth-order valence-electron chi connectivity index (χ4n) is 1.57. The zero-order valence-electron chi connectivity index (χ0n) is 12.7. The molecule has 8 heteroatoms. The Labute approximate surface area is 133 Å². The first-order valence-electron chi connectivity index (χ1n) is 6.36. The predicted octanol–water partition coefficient (Wildman–Crippen LogP) is 4.49. The second kappa shape index (κ2) is 7.19. The number of anilines is 1. The molecule has 1 aromatic rings. The number of ether oxygens (including phenoxy) is 1. The van der Waals surface area contributed by atoms with Gasteiger partial charge in [-0.1, -0.05) is 0 Å². The molecular formula is C14H20ClF3N2O2. The number of amides is 1. The Morgan fingerprint density at radius 2 is 1.77 bits per heavy atom. The maximum absolute atomic E-state index is 12.8. The first-order valence-corrected chi connectivity index (χ1v) is 6.36.